The number of hydrogen-bond acceptors (Lipinski definition) is 5. The van der Waals surface area contributed by atoms with Gasteiger partial charge in [-0.25, -0.2) is 16.3 Å². The van der Waals surface area contributed by atoms with Crippen LogP contribution in [0.15, 0.2) is 28.8 Å². The molecule has 0 bridgehead atoms. The summed E-state index contributed by atoms with van der Waals surface area (Å²) < 4.78 is 0. The van der Waals surface area contributed by atoms with Crippen molar-refractivity contribution < 1.29 is 4.84 Å². The van der Waals surface area contributed by atoms with Crippen LogP contribution in [0.1, 0.15) is 0 Å². The second kappa shape index (κ2) is 1.74. The number of rotatable bonds is 0. The van der Waals surface area contributed by atoms with Crippen LogP contribution in [0, 0.1) is 0 Å². The summed E-state index contributed by atoms with van der Waals surface area (Å²) in [7, 11) is 0. The lowest BCUT2D eigenvalue weighted by Crippen LogP contribution is -2.31. The van der Waals surface area contributed by atoms with E-state index in [0.29, 0.717) is 0 Å². The highest BCUT2D eigenvalue weighted by atomic mass is 16.6. The number of hydroxylamine groups is 1. The van der Waals surface area contributed by atoms with Crippen LogP contribution < -0.4 is 11.3 Å². The van der Waals surface area contributed by atoms with Gasteiger partial charge in [0.25, 0.3) is 0 Å². The van der Waals surface area contributed by atoms with E-state index in [1.54, 1.807) is 6.20 Å². The maximum atomic E-state index is 5.47. The van der Waals surface area contributed by atoms with Crippen molar-refractivity contribution >= 4 is 6.34 Å². The molecular weight excluding hydrogens is 132 g/mol. The molecule has 0 spiro atoms. The predicted octanol–water partition coefficient (Wildman–Crippen LogP) is -0.578. The van der Waals surface area contributed by atoms with Gasteiger partial charge >= 0.3 is 0 Å². The molecule has 0 radical (unpaired) electrons. The lowest BCUT2D eigenvalue weighted by atomic mass is 10.3. The summed E-state index contributed by atoms with van der Waals surface area (Å²) in [4.78, 5) is 8.61. The zero-order valence-electron chi connectivity index (χ0n) is 5.11. The van der Waals surface area contributed by atoms with E-state index in [0.717, 1.165) is 11.4 Å². The Morgan fingerprint density at radius 3 is 3.40 bits per heavy atom. The average Bonchev–Trinajstić information content (AvgIpc) is 2.36. The van der Waals surface area contributed by atoms with Gasteiger partial charge in [-0.05, 0) is 0 Å². The van der Waals surface area contributed by atoms with Gasteiger partial charge in [0.15, 0.2) is 0 Å². The third-order valence-electron chi connectivity index (χ3n) is 1.29. The van der Waals surface area contributed by atoms with Gasteiger partial charge in [0, 0.05) is 0 Å². The molecule has 0 amide bonds. The van der Waals surface area contributed by atoms with Crippen LogP contribution in [-0.4, -0.2) is 11.3 Å². The maximum absolute atomic E-state index is 5.47. The Balaban J connectivity index is 2.39. The standard InChI is InChI=1S/C5H6N4O/c6-9-3-7-1-4-5(9)2-10-8-4/h1-3,8H,6H2. The van der Waals surface area contributed by atoms with Crippen molar-refractivity contribution in [3.8, 4) is 0 Å². The van der Waals surface area contributed by atoms with E-state index >= 15 is 0 Å². The normalized spacial score (nSPS) is 20.7. The predicted molar refractivity (Wildman–Crippen MR) is 34.9 cm³/mol. The molecule has 0 unspecified atom stereocenters. The van der Waals surface area contributed by atoms with Gasteiger partial charge in [-0.15, -0.1) is 0 Å². The summed E-state index contributed by atoms with van der Waals surface area (Å²) in [6, 6.07) is 0. The lowest BCUT2D eigenvalue weighted by molar-refractivity contribution is 0.186. The first-order valence-corrected chi connectivity index (χ1v) is 2.77. The molecule has 0 aromatic carbocycles. The van der Waals surface area contributed by atoms with Gasteiger partial charge in [0.2, 0.25) is 0 Å². The zero-order valence-corrected chi connectivity index (χ0v) is 5.11. The van der Waals surface area contributed by atoms with Crippen LogP contribution >= 0.6 is 0 Å². The van der Waals surface area contributed by atoms with Crippen LogP contribution in [0.3, 0.4) is 0 Å². The minimum Gasteiger partial charge on any atom is -0.388 e. The third-order valence-corrected chi connectivity index (χ3v) is 1.29. The van der Waals surface area contributed by atoms with E-state index in [9.17, 15) is 0 Å². The first kappa shape index (κ1) is 5.31. The molecule has 5 heteroatoms. The van der Waals surface area contributed by atoms with E-state index in [1.807, 2.05) is 0 Å². The van der Waals surface area contributed by atoms with Crippen molar-refractivity contribution in [2.45, 2.75) is 0 Å². The van der Waals surface area contributed by atoms with E-state index < -0.39 is 0 Å². The monoisotopic (exact) mass is 138 g/mol. The molecule has 0 saturated carbocycles. The van der Waals surface area contributed by atoms with E-state index in [1.165, 1.54) is 17.6 Å². The Bertz CT molecular complexity index is 242. The van der Waals surface area contributed by atoms with Crippen molar-refractivity contribution in [3.05, 3.63) is 23.9 Å². The van der Waals surface area contributed by atoms with Crippen LogP contribution in [0.2, 0.25) is 0 Å². The van der Waals surface area contributed by atoms with Gasteiger partial charge in [0.1, 0.15) is 24.0 Å². The van der Waals surface area contributed by atoms with E-state index in [4.69, 9.17) is 10.7 Å². The Hall–Kier alpha value is -1.49. The minimum atomic E-state index is 0.782. The van der Waals surface area contributed by atoms with Gasteiger partial charge < -0.3 is 4.84 Å². The summed E-state index contributed by atoms with van der Waals surface area (Å²) in [5.41, 5.74) is 4.19. The number of nitrogens with two attached hydrogens (primary N) is 1. The number of aliphatic imine (C=N–C) groups is 1. The molecule has 0 aliphatic carbocycles. The molecule has 2 aliphatic heterocycles. The first-order valence-electron chi connectivity index (χ1n) is 2.77. The molecular formula is C5H6N4O. The molecule has 52 valence electrons. The van der Waals surface area contributed by atoms with Crippen LogP contribution in [0.4, 0.5) is 0 Å². The molecule has 5 nitrogen and oxygen atoms in total. The third kappa shape index (κ3) is 0.577. The fraction of sp³-hybridized carbons (Fsp3) is 0. The van der Waals surface area contributed by atoms with E-state index in [-0.39, 0.29) is 0 Å². The molecule has 0 fully saturated rings. The van der Waals surface area contributed by atoms with Gasteiger partial charge in [-0.3, -0.25) is 5.01 Å². The second-order valence-corrected chi connectivity index (χ2v) is 1.94. The molecule has 0 aromatic rings. The van der Waals surface area contributed by atoms with E-state index in [2.05, 4.69) is 10.5 Å². The van der Waals surface area contributed by atoms with Crippen molar-refractivity contribution in [2.75, 3.05) is 0 Å². The first-order chi connectivity index (χ1) is 4.88. The fourth-order valence-electron chi connectivity index (χ4n) is 0.799. The number of nitrogens with zero attached hydrogens (tertiary/aromatic N) is 2. The lowest BCUT2D eigenvalue weighted by Gasteiger charge is -2.15. The van der Waals surface area contributed by atoms with Crippen LogP contribution in [0.5, 0.6) is 0 Å². The van der Waals surface area contributed by atoms with Crippen LogP contribution in [-0.2, 0) is 4.84 Å². The topological polar surface area (TPSA) is 62.9 Å². The molecule has 0 atom stereocenters. The molecule has 0 saturated heterocycles. The Morgan fingerprint density at radius 1 is 1.70 bits per heavy atom. The molecule has 2 aliphatic rings. The zero-order chi connectivity index (χ0) is 6.97. The number of fused-ring (bicyclic) bond motifs is 1. The summed E-state index contributed by atoms with van der Waals surface area (Å²) in [6.45, 7) is 0. The maximum Gasteiger partial charge on any atom is 0.146 e. The number of nitrogens with one attached hydrogen (secondary N) is 1. The largest absolute Gasteiger partial charge is 0.388 e. The number of hydrogen-bond donors (Lipinski definition) is 2. The highest BCUT2D eigenvalue weighted by molar-refractivity contribution is 5.63. The Morgan fingerprint density at radius 2 is 2.60 bits per heavy atom. The van der Waals surface area contributed by atoms with Gasteiger partial charge in [-0.2, -0.15) is 0 Å². The summed E-state index contributed by atoms with van der Waals surface area (Å²) >= 11 is 0. The molecule has 0 aromatic heterocycles. The minimum absolute atomic E-state index is 0.782. The Labute approximate surface area is 57.4 Å². The SMILES string of the molecule is NN1C=NC=C2NOC=C21. The van der Waals surface area contributed by atoms with Crippen molar-refractivity contribution in [1.82, 2.24) is 10.5 Å². The Kier molecular flexibility index (Phi) is 0.925. The number of hydrazine groups is 1. The summed E-state index contributed by atoms with van der Waals surface area (Å²) in [5, 5.41) is 1.38. The quantitative estimate of drug-likeness (QED) is 0.440. The van der Waals surface area contributed by atoms with Crippen molar-refractivity contribution in [3.63, 3.8) is 0 Å². The molecule has 10 heavy (non-hydrogen) atoms. The molecule has 2 heterocycles. The average molecular weight is 138 g/mol. The van der Waals surface area contributed by atoms with Gasteiger partial charge in [0.05, 0.1) is 6.20 Å². The summed E-state index contributed by atoms with van der Waals surface area (Å²) in [5.74, 6) is 5.47. The highest BCUT2D eigenvalue weighted by Gasteiger charge is 2.18. The van der Waals surface area contributed by atoms with Crippen LogP contribution in [0.25, 0.3) is 0 Å². The fourth-order valence-corrected chi connectivity index (χ4v) is 0.799. The molecule has 2 rings (SSSR count). The summed E-state index contributed by atoms with van der Waals surface area (Å²) in [6.07, 6.45) is 4.67. The second-order valence-electron chi connectivity index (χ2n) is 1.94. The highest BCUT2D eigenvalue weighted by Crippen LogP contribution is 2.16. The van der Waals surface area contributed by atoms with Gasteiger partial charge in [-0.1, -0.05) is 0 Å². The van der Waals surface area contributed by atoms with Crippen molar-refractivity contribution in [1.29, 1.82) is 0 Å². The molecule has 3 N–H and O–H groups in total. The van der Waals surface area contributed by atoms with Crippen molar-refractivity contribution in [2.24, 2.45) is 10.8 Å². The smallest absolute Gasteiger partial charge is 0.146 e.